The lowest BCUT2D eigenvalue weighted by Gasteiger charge is -2.12. The van der Waals surface area contributed by atoms with Gasteiger partial charge < -0.3 is 25.1 Å². The lowest BCUT2D eigenvalue weighted by molar-refractivity contribution is -0.140. The average Bonchev–Trinajstić information content (AvgIpc) is 3.63. The molecule has 10 nitrogen and oxygen atoms in total. The fraction of sp³-hybridized carbons (Fsp3) is 0.382. The van der Waals surface area contributed by atoms with Gasteiger partial charge in [0.1, 0.15) is 0 Å². The Balaban J connectivity index is 1.86. The van der Waals surface area contributed by atoms with Crippen LogP contribution in [-0.4, -0.2) is 57.7 Å². The topological polar surface area (TPSA) is 154 Å². The predicted molar refractivity (Wildman–Crippen MR) is 169 cm³/mol. The summed E-state index contributed by atoms with van der Waals surface area (Å²) in [6, 6.07) is -0.202. The van der Waals surface area contributed by atoms with Gasteiger partial charge in [-0.05, 0) is 93.0 Å². The number of H-pyrrole nitrogens is 2. The van der Waals surface area contributed by atoms with Crippen molar-refractivity contribution in [3.63, 3.8) is 0 Å². The largest absolute Gasteiger partial charge is 0.481 e. The molecule has 4 rings (SSSR count). The van der Waals surface area contributed by atoms with Crippen molar-refractivity contribution < 1.29 is 29.0 Å². The number of aliphatic imine (C=N–C) groups is 1. The molecule has 0 aliphatic carbocycles. The Bertz CT molecular complexity index is 1760. The first-order valence-corrected chi connectivity index (χ1v) is 14.7. The molecule has 4 heterocycles. The number of carboxylic acids is 1. The van der Waals surface area contributed by atoms with Gasteiger partial charge in [0.2, 0.25) is 0 Å². The van der Waals surface area contributed by atoms with E-state index in [1.54, 1.807) is 6.08 Å². The molecule has 0 radical (unpaired) electrons. The second-order valence-electron chi connectivity index (χ2n) is 11.3. The summed E-state index contributed by atoms with van der Waals surface area (Å²) in [4.78, 5) is 59.6. The van der Waals surface area contributed by atoms with Crippen molar-refractivity contribution in [1.29, 1.82) is 0 Å². The van der Waals surface area contributed by atoms with Gasteiger partial charge in [0.25, 0.3) is 11.8 Å². The van der Waals surface area contributed by atoms with Gasteiger partial charge >= 0.3 is 11.9 Å². The quantitative estimate of drug-likeness (QED) is 0.291. The SMILES string of the molecule is C=CC1=C(C)[C@@H](Cc2[nH]c(C=c3[nH]c(=CC4=NC(=O)[C@@H](C)/C4=C\C)c(C)c3CCC(=O)O)c(CCC(=O)OC)c2C)NC1=O. The van der Waals surface area contributed by atoms with E-state index in [1.807, 2.05) is 52.8 Å². The van der Waals surface area contributed by atoms with Crippen LogP contribution >= 0.6 is 0 Å². The summed E-state index contributed by atoms with van der Waals surface area (Å²) in [5, 5.41) is 13.9. The van der Waals surface area contributed by atoms with Gasteiger partial charge in [-0.2, -0.15) is 0 Å². The number of nitrogens with one attached hydrogen (secondary N) is 3. The van der Waals surface area contributed by atoms with E-state index in [2.05, 4.69) is 26.9 Å². The van der Waals surface area contributed by atoms with E-state index in [-0.39, 0.29) is 42.6 Å². The van der Waals surface area contributed by atoms with E-state index in [0.717, 1.165) is 55.5 Å². The van der Waals surface area contributed by atoms with Crippen molar-refractivity contribution in [3.05, 3.63) is 79.8 Å². The van der Waals surface area contributed by atoms with E-state index >= 15 is 0 Å². The van der Waals surface area contributed by atoms with Crippen LogP contribution in [0.4, 0.5) is 0 Å². The van der Waals surface area contributed by atoms with E-state index in [1.165, 1.54) is 7.11 Å². The van der Waals surface area contributed by atoms with Crippen LogP contribution < -0.4 is 16.0 Å². The van der Waals surface area contributed by atoms with Crippen LogP contribution in [0, 0.1) is 19.8 Å². The summed E-state index contributed by atoms with van der Waals surface area (Å²) >= 11 is 0. The monoisotopic (exact) mass is 600 g/mol. The van der Waals surface area contributed by atoms with Crippen molar-refractivity contribution in [2.24, 2.45) is 10.9 Å². The van der Waals surface area contributed by atoms with Gasteiger partial charge in [-0.25, -0.2) is 4.99 Å². The molecule has 0 unspecified atom stereocenters. The Hall–Kier alpha value is -4.73. The van der Waals surface area contributed by atoms with Crippen LogP contribution in [0.15, 0.2) is 40.4 Å². The normalized spacial score (nSPS) is 20.1. The summed E-state index contributed by atoms with van der Waals surface area (Å²) < 4.78 is 4.90. The van der Waals surface area contributed by atoms with Gasteiger partial charge in [-0.1, -0.05) is 18.7 Å². The number of rotatable bonds is 11. The van der Waals surface area contributed by atoms with Crippen LogP contribution in [0.25, 0.3) is 12.2 Å². The van der Waals surface area contributed by atoms with E-state index < -0.39 is 5.97 Å². The number of hydrogen-bond acceptors (Lipinski definition) is 5. The molecule has 2 atom stereocenters. The molecular formula is C34H40N4O6. The number of aromatic amines is 2. The maximum Gasteiger partial charge on any atom is 0.305 e. The number of hydrogen-bond donors (Lipinski definition) is 4. The summed E-state index contributed by atoms with van der Waals surface area (Å²) in [5.74, 6) is -1.90. The van der Waals surface area contributed by atoms with Gasteiger partial charge in [-0.3, -0.25) is 19.2 Å². The number of carbonyl (C=O) groups excluding carboxylic acids is 3. The molecule has 2 aliphatic heterocycles. The Morgan fingerprint density at radius 3 is 2.34 bits per heavy atom. The maximum atomic E-state index is 12.4. The maximum absolute atomic E-state index is 12.4. The molecule has 2 amide bonds. The lowest BCUT2D eigenvalue weighted by Crippen LogP contribution is -2.30. The Labute approximate surface area is 256 Å². The van der Waals surface area contributed by atoms with Crippen LogP contribution in [-0.2, 0) is 43.2 Å². The molecule has 10 heteroatoms. The van der Waals surface area contributed by atoms with Crippen molar-refractivity contribution in [1.82, 2.24) is 15.3 Å². The van der Waals surface area contributed by atoms with Crippen molar-refractivity contribution >= 4 is 41.6 Å². The number of amides is 2. The number of methoxy groups -OCH3 is 1. The molecule has 0 bridgehead atoms. The molecule has 232 valence electrons. The number of nitrogens with zero attached hydrogens (tertiary/aromatic N) is 1. The highest BCUT2D eigenvalue weighted by Crippen LogP contribution is 2.27. The summed E-state index contributed by atoms with van der Waals surface area (Å²) in [5.41, 5.74) is 8.23. The highest BCUT2D eigenvalue weighted by molar-refractivity contribution is 6.29. The summed E-state index contributed by atoms with van der Waals surface area (Å²) in [6.45, 7) is 13.3. The third kappa shape index (κ3) is 6.44. The third-order valence-corrected chi connectivity index (χ3v) is 8.72. The fourth-order valence-electron chi connectivity index (χ4n) is 6.00. The van der Waals surface area contributed by atoms with Crippen molar-refractivity contribution in [3.8, 4) is 0 Å². The Morgan fingerprint density at radius 1 is 1.02 bits per heavy atom. The zero-order valence-corrected chi connectivity index (χ0v) is 26.1. The minimum atomic E-state index is -0.907. The minimum Gasteiger partial charge on any atom is -0.481 e. The van der Waals surface area contributed by atoms with E-state index in [0.29, 0.717) is 30.5 Å². The first-order chi connectivity index (χ1) is 20.9. The number of carbonyl (C=O) groups is 4. The molecule has 2 aliphatic rings. The first-order valence-electron chi connectivity index (χ1n) is 14.7. The molecule has 44 heavy (non-hydrogen) atoms. The van der Waals surface area contributed by atoms with Crippen molar-refractivity contribution in [2.45, 2.75) is 72.8 Å². The smallest absolute Gasteiger partial charge is 0.305 e. The van der Waals surface area contributed by atoms with Crippen LogP contribution in [0.2, 0.25) is 0 Å². The van der Waals surface area contributed by atoms with Gasteiger partial charge in [0.15, 0.2) is 0 Å². The highest BCUT2D eigenvalue weighted by Gasteiger charge is 2.29. The van der Waals surface area contributed by atoms with Crippen LogP contribution in [0.3, 0.4) is 0 Å². The van der Waals surface area contributed by atoms with Crippen LogP contribution in [0.1, 0.15) is 67.3 Å². The Kier molecular flexibility index (Phi) is 9.71. The second-order valence-corrected chi connectivity index (χ2v) is 11.3. The van der Waals surface area contributed by atoms with E-state index in [4.69, 9.17) is 4.74 Å². The van der Waals surface area contributed by atoms with Gasteiger partial charge in [0, 0.05) is 46.9 Å². The molecule has 2 aromatic rings. The second kappa shape index (κ2) is 13.3. The number of carboxylic acid groups (broad SMARTS) is 1. The van der Waals surface area contributed by atoms with Crippen molar-refractivity contribution in [2.75, 3.05) is 7.11 Å². The first kappa shape index (κ1) is 32.2. The molecule has 0 aromatic carbocycles. The predicted octanol–water partition coefficient (Wildman–Crippen LogP) is 2.80. The van der Waals surface area contributed by atoms with Gasteiger partial charge in [0.05, 0.1) is 24.8 Å². The standard InChI is InChI=1S/C34H40N4O6/c1-8-21-20(6)33(42)38-28(21)15-26-18(4)23(10-12-31(39)40)29(36-26)16-30-24(11-13-32(41)44-7)19(5)25(35-30)14-27-17(3)22(9-2)34(43)37-27/h8-9,15-16,20,27,35-36H,2,10-14H2,1,3-7H3,(H,37,43)(H,39,40)/b21-8+,26-15?,29-16?/t20-,27+/m0/s1. The zero-order valence-electron chi connectivity index (χ0n) is 26.1. The molecule has 2 aromatic heterocycles. The number of esters is 1. The molecular weight excluding hydrogens is 560 g/mol. The van der Waals surface area contributed by atoms with Crippen LogP contribution in [0.5, 0.6) is 0 Å². The summed E-state index contributed by atoms with van der Waals surface area (Å²) in [6.07, 6.45) is 8.61. The average molecular weight is 601 g/mol. The molecule has 0 fully saturated rings. The zero-order chi connectivity index (χ0) is 32.3. The lowest BCUT2D eigenvalue weighted by atomic mass is 9.98. The third-order valence-electron chi connectivity index (χ3n) is 8.72. The van der Waals surface area contributed by atoms with Gasteiger partial charge in [-0.15, -0.1) is 0 Å². The molecule has 0 saturated carbocycles. The number of aromatic nitrogens is 2. The molecule has 4 N–H and O–H groups in total. The van der Waals surface area contributed by atoms with E-state index in [9.17, 15) is 24.3 Å². The molecule has 0 spiro atoms. The number of aliphatic carboxylic acids is 1. The Morgan fingerprint density at radius 2 is 1.73 bits per heavy atom. The number of ether oxygens (including phenoxy) is 1. The molecule has 0 saturated heterocycles. The summed E-state index contributed by atoms with van der Waals surface area (Å²) in [7, 11) is 1.36. The minimum absolute atomic E-state index is 0.0572. The number of allylic oxidation sites excluding steroid dienone is 1. The highest BCUT2D eigenvalue weighted by atomic mass is 16.5. The fourth-order valence-corrected chi connectivity index (χ4v) is 6.00.